The normalized spacial score (nSPS) is 18.3. The highest BCUT2D eigenvalue weighted by Gasteiger charge is 2.32. The molecule has 0 aliphatic carbocycles. The Balaban J connectivity index is 1.64. The maximum Gasteiger partial charge on any atom is 0.240 e. The second-order valence-corrected chi connectivity index (χ2v) is 5.21. The average molecular weight is 287 g/mol. The Labute approximate surface area is 121 Å². The lowest BCUT2D eigenvalue weighted by atomic mass is 10.2. The molecule has 0 unspecified atom stereocenters. The molecule has 0 aromatic carbocycles. The van der Waals surface area contributed by atoms with Crippen molar-refractivity contribution in [3.05, 3.63) is 24.2 Å². The van der Waals surface area contributed by atoms with Crippen LogP contribution in [0.4, 0.5) is 0 Å². The van der Waals surface area contributed by atoms with Crippen LogP contribution in [0.15, 0.2) is 18.3 Å². The molecule has 3 rings (SSSR count). The van der Waals surface area contributed by atoms with Gasteiger partial charge in [0.05, 0.1) is 5.52 Å². The maximum atomic E-state index is 12.2. The van der Waals surface area contributed by atoms with E-state index in [1.165, 1.54) is 0 Å². The van der Waals surface area contributed by atoms with Crippen molar-refractivity contribution in [2.24, 2.45) is 5.73 Å². The number of carbonyl (C=O) groups excluding carboxylic acids is 2. The van der Waals surface area contributed by atoms with Gasteiger partial charge in [-0.05, 0) is 25.0 Å². The number of hydrogen-bond donors (Lipinski definition) is 2. The van der Waals surface area contributed by atoms with Gasteiger partial charge in [0, 0.05) is 25.6 Å². The van der Waals surface area contributed by atoms with Gasteiger partial charge < -0.3 is 15.6 Å². The molecule has 2 aromatic heterocycles. The summed E-state index contributed by atoms with van der Waals surface area (Å²) in [5, 5.41) is 0. The Morgan fingerprint density at radius 2 is 2.33 bits per heavy atom. The van der Waals surface area contributed by atoms with Crippen LogP contribution in [0.3, 0.4) is 0 Å². The average Bonchev–Trinajstić information content (AvgIpc) is 3.10. The largest absolute Gasteiger partial charge is 0.368 e. The van der Waals surface area contributed by atoms with Gasteiger partial charge in [-0.2, -0.15) is 0 Å². The zero-order valence-electron chi connectivity index (χ0n) is 11.6. The quantitative estimate of drug-likeness (QED) is 0.847. The van der Waals surface area contributed by atoms with E-state index in [4.69, 9.17) is 5.73 Å². The molecular formula is C14H17N5O2. The van der Waals surface area contributed by atoms with E-state index in [1.54, 1.807) is 11.1 Å². The van der Waals surface area contributed by atoms with E-state index in [1.807, 2.05) is 12.1 Å². The molecule has 3 N–H and O–H groups in total. The number of H-pyrrole nitrogens is 1. The Morgan fingerprint density at radius 1 is 1.48 bits per heavy atom. The van der Waals surface area contributed by atoms with Gasteiger partial charge in [-0.15, -0.1) is 0 Å². The van der Waals surface area contributed by atoms with Crippen molar-refractivity contribution in [2.45, 2.75) is 31.7 Å². The van der Waals surface area contributed by atoms with E-state index in [9.17, 15) is 9.59 Å². The number of aromatic nitrogens is 3. The molecular weight excluding hydrogens is 270 g/mol. The van der Waals surface area contributed by atoms with Gasteiger partial charge in [0.1, 0.15) is 11.9 Å². The fourth-order valence-corrected chi connectivity index (χ4v) is 2.74. The number of primary amides is 1. The third-order valence-corrected chi connectivity index (χ3v) is 3.78. The summed E-state index contributed by atoms with van der Waals surface area (Å²) in [6.45, 7) is 0.605. The van der Waals surface area contributed by atoms with E-state index >= 15 is 0 Å². The highest BCUT2D eigenvalue weighted by Crippen LogP contribution is 2.18. The van der Waals surface area contributed by atoms with E-state index in [0.29, 0.717) is 31.5 Å². The van der Waals surface area contributed by atoms with Gasteiger partial charge in [0.2, 0.25) is 11.8 Å². The molecule has 0 spiro atoms. The number of aromatic amines is 1. The van der Waals surface area contributed by atoms with Gasteiger partial charge in [-0.1, -0.05) is 0 Å². The summed E-state index contributed by atoms with van der Waals surface area (Å²) in [6, 6.07) is 3.27. The fraction of sp³-hybridized carbons (Fsp3) is 0.429. The second-order valence-electron chi connectivity index (χ2n) is 5.21. The minimum Gasteiger partial charge on any atom is -0.368 e. The molecule has 1 atom stereocenters. The maximum absolute atomic E-state index is 12.2. The molecule has 0 radical (unpaired) electrons. The van der Waals surface area contributed by atoms with E-state index in [2.05, 4.69) is 15.0 Å². The zero-order chi connectivity index (χ0) is 14.8. The topological polar surface area (TPSA) is 105 Å². The smallest absolute Gasteiger partial charge is 0.240 e. The fourth-order valence-electron chi connectivity index (χ4n) is 2.74. The third-order valence-electron chi connectivity index (χ3n) is 3.78. The molecule has 1 fully saturated rings. The summed E-state index contributed by atoms with van der Waals surface area (Å²) in [5.41, 5.74) is 6.83. The number of likely N-dealkylation sites (tertiary alicyclic amines) is 1. The number of nitrogens with zero attached hydrogens (tertiary/aromatic N) is 3. The minimum atomic E-state index is -0.449. The first kappa shape index (κ1) is 13.5. The SMILES string of the molecule is NC(=O)[C@@H]1CCCN1C(=O)CCc1nc2ncccc2[nH]1. The van der Waals surface area contributed by atoms with Crippen molar-refractivity contribution in [3.8, 4) is 0 Å². The summed E-state index contributed by atoms with van der Waals surface area (Å²) >= 11 is 0. The number of carbonyl (C=O) groups is 2. The number of nitrogens with two attached hydrogens (primary N) is 1. The van der Waals surface area contributed by atoms with Crippen molar-refractivity contribution >= 4 is 23.0 Å². The van der Waals surface area contributed by atoms with Crippen LogP contribution in [-0.4, -0.2) is 44.3 Å². The molecule has 3 heterocycles. The van der Waals surface area contributed by atoms with Gasteiger partial charge >= 0.3 is 0 Å². The summed E-state index contributed by atoms with van der Waals surface area (Å²) < 4.78 is 0. The molecule has 21 heavy (non-hydrogen) atoms. The van der Waals surface area contributed by atoms with Crippen LogP contribution in [-0.2, 0) is 16.0 Å². The lowest BCUT2D eigenvalue weighted by molar-refractivity contribution is -0.137. The van der Waals surface area contributed by atoms with E-state index < -0.39 is 11.9 Å². The van der Waals surface area contributed by atoms with Gasteiger partial charge in [0.15, 0.2) is 5.65 Å². The molecule has 2 amide bonds. The van der Waals surface area contributed by atoms with Gasteiger partial charge in [-0.3, -0.25) is 9.59 Å². The first-order valence-electron chi connectivity index (χ1n) is 7.03. The summed E-state index contributed by atoms with van der Waals surface area (Å²) in [6.07, 6.45) is 3.98. The number of pyridine rings is 1. The highest BCUT2D eigenvalue weighted by molar-refractivity contribution is 5.87. The van der Waals surface area contributed by atoms with E-state index in [0.717, 1.165) is 17.8 Å². The highest BCUT2D eigenvalue weighted by atomic mass is 16.2. The Bertz CT molecular complexity index is 648. The van der Waals surface area contributed by atoms with Crippen LogP contribution >= 0.6 is 0 Å². The van der Waals surface area contributed by atoms with Crippen LogP contribution < -0.4 is 5.73 Å². The lowest BCUT2D eigenvalue weighted by Gasteiger charge is -2.21. The first-order valence-corrected chi connectivity index (χ1v) is 7.03. The zero-order valence-corrected chi connectivity index (χ0v) is 11.6. The Hall–Kier alpha value is -2.44. The van der Waals surface area contributed by atoms with Crippen LogP contribution in [0, 0.1) is 0 Å². The number of nitrogens with one attached hydrogen (secondary N) is 1. The second kappa shape index (κ2) is 5.51. The molecule has 1 aliphatic rings. The number of fused-ring (bicyclic) bond motifs is 1. The summed E-state index contributed by atoms with van der Waals surface area (Å²) in [4.78, 5) is 36.7. The first-order chi connectivity index (χ1) is 10.1. The molecule has 110 valence electrons. The number of amides is 2. The molecule has 2 aromatic rings. The molecule has 1 saturated heterocycles. The monoisotopic (exact) mass is 287 g/mol. The van der Waals surface area contributed by atoms with Crippen LogP contribution in [0.5, 0.6) is 0 Å². The molecule has 0 bridgehead atoms. The molecule has 0 saturated carbocycles. The standard InChI is InChI=1S/C14H17N5O2/c15-13(21)10-4-2-8-19(10)12(20)6-5-11-17-9-3-1-7-16-14(9)18-11/h1,3,7,10H,2,4-6,8H2,(H2,15,21)(H,16,17,18)/t10-/m0/s1. The van der Waals surface area contributed by atoms with Gasteiger partial charge in [0.25, 0.3) is 0 Å². The van der Waals surface area contributed by atoms with Crippen LogP contribution in [0.2, 0.25) is 0 Å². The minimum absolute atomic E-state index is 0.0512. The van der Waals surface area contributed by atoms with Crippen molar-refractivity contribution in [1.29, 1.82) is 0 Å². The molecule has 1 aliphatic heterocycles. The van der Waals surface area contributed by atoms with Gasteiger partial charge in [-0.25, -0.2) is 9.97 Å². The molecule has 7 heteroatoms. The Morgan fingerprint density at radius 3 is 3.10 bits per heavy atom. The van der Waals surface area contributed by atoms with Crippen molar-refractivity contribution in [1.82, 2.24) is 19.9 Å². The predicted molar refractivity (Wildman–Crippen MR) is 76.1 cm³/mol. The number of hydrogen-bond acceptors (Lipinski definition) is 4. The van der Waals surface area contributed by atoms with Crippen molar-refractivity contribution in [2.75, 3.05) is 6.54 Å². The van der Waals surface area contributed by atoms with Crippen LogP contribution in [0.1, 0.15) is 25.1 Å². The number of imidazole rings is 1. The Kier molecular flexibility index (Phi) is 3.55. The van der Waals surface area contributed by atoms with Crippen LogP contribution in [0.25, 0.3) is 11.2 Å². The summed E-state index contributed by atoms with van der Waals surface area (Å²) in [7, 11) is 0. The van der Waals surface area contributed by atoms with E-state index in [-0.39, 0.29) is 5.91 Å². The molecule has 7 nitrogen and oxygen atoms in total. The lowest BCUT2D eigenvalue weighted by Crippen LogP contribution is -2.43. The third kappa shape index (κ3) is 2.72. The number of aryl methyl sites for hydroxylation is 1. The van der Waals surface area contributed by atoms with Crippen molar-refractivity contribution < 1.29 is 9.59 Å². The predicted octanol–water partition coefficient (Wildman–Crippen LogP) is 0.367. The summed E-state index contributed by atoms with van der Waals surface area (Å²) in [5.74, 6) is 0.255. The van der Waals surface area contributed by atoms with Crippen molar-refractivity contribution in [3.63, 3.8) is 0 Å². The number of rotatable bonds is 4.